The summed E-state index contributed by atoms with van der Waals surface area (Å²) in [4.78, 5) is 35.6. The summed E-state index contributed by atoms with van der Waals surface area (Å²) in [5, 5.41) is 17.4. The van der Waals surface area contributed by atoms with Crippen molar-refractivity contribution in [1.82, 2.24) is 15.2 Å². The Balaban J connectivity index is 1.45. The fourth-order valence-corrected chi connectivity index (χ4v) is 3.68. The molecule has 31 heavy (non-hydrogen) atoms. The summed E-state index contributed by atoms with van der Waals surface area (Å²) in [6, 6.07) is 9.60. The smallest absolute Gasteiger partial charge is 0.412 e. The van der Waals surface area contributed by atoms with Gasteiger partial charge in [-0.15, -0.1) is 0 Å². The topological polar surface area (TPSA) is 110 Å². The monoisotopic (exact) mass is 441 g/mol. The zero-order chi connectivity index (χ0) is 22.1. The quantitative estimate of drug-likeness (QED) is 0.536. The molecule has 1 atom stereocenters. The number of imide groups is 1. The van der Waals surface area contributed by atoms with Gasteiger partial charge in [0.25, 0.3) is 0 Å². The predicted octanol–water partition coefficient (Wildman–Crippen LogP) is 3.58. The highest BCUT2D eigenvalue weighted by molar-refractivity contribution is 6.31. The van der Waals surface area contributed by atoms with Crippen molar-refractivity contribution in [1.29, 1.82) is 0 Å². The van der Waals surface area contributed by atoms with E-state index >= 15 is 0 Å². The third-order valence-electron chi connectivity index (χ3n) is 5.20. The normalized spacial score (nSPS) is 16.3. The molecule has 1 fully saturated rings. The standard InChI is InChI=1S/C22H20ClN3O5/c1-12-8-15(3-5-17(12)23)31-22(30)24-10-13-2-4-16-14(9-13)11-26(21(16)29)18-6-7-19(27)25-20(18)28/h2-5,8-9,11,18,29H,6-7,10H2,1H3,(H,24,30)(H,25,27,28). The number of aromatic nitrogens is 1. The van der Waals surface area contributed by atoms with Crippen molar-refractivity contribution in [2.24, 2.45) is 0 Å². The number of piperidine rings is 1. The van der Waals surface area contributed by atoms with Gasteiger partial charge in [0.2, 0.25) is 11.8 Å². The molecule has 8 nitrogen and oxygen atoms in total. The molecule has 1 aromatic heterocycles. The van der Waals surface area contributed by atoms with E-state index in [1.54, 1.807) is 36.5 Å². The Kier molecular flexibility index (Phi) is 5.56. The van der Waals surface area contributed by atoms with Crippen LogP contribution in [0.3, 0.4) is 0 Å². The van der Waals surface area contributed by atoms with Crippen LogP contribution in [0.15, 0.2) is 42.6 Å². The van der Waals surface area contributed by atoms with Gasteiger partial charge in [-0.25, -0.2) is 4.79 Å². The average molecular weight is 442 g/mol. The van der Waals surface area contributed by atoms with Crippen molar-refractivity contribution < 1.29 is 24.2 Å². The van der Waals surface area contributed by atoms with Crippen LogP contribution >= 0.6 is 11.6 Å². The first kappa shape index (κ1) is 20.7. The van der Waals surface area contributed by atoms with Gasteiger partial charge < -0.3 is 19.7 Å². The van der Waals surface area contributed by atoms with Gasteiger partial charge in [0.1, 0.15) is 11.8 Å². The van der Waals surface area contributed by atoms with E-state index in [-0.39, 0.29) is 24.8 Å². The second kappa shape index (κ2) is 8.31. The SMILES string of the molecule is Cc1cc(OC(=O)NCc2ccc3c(O)n(C4CCC(=O)NC4=O)cc3c2)ccc1Cl. The first-order valence-electron chi connectivity index (χ1n) is 9.70. The van der Waals surface area contributed by atoms with Gasteiger partial charge in [-0.2, -0.15) is 0 Å². The van der Waals surface area contributed by atoms with E-state index in [2.05, 4.69) is 10.6 Å². The number of halogens is 1. The molecule has 1 aliphatic heterocycles. The average Bonchev–Trinajstić information content (AvgIpc) is 3.05. The van der Waals surface area contributed by atoms with E-state index in [1.807, 2.05) is 13.0 Å². The van der Waals surface area contributed by atoms with Gasteiger partial charge in [0.15, 0.2) is 5.88 Å². The van der Waals surface area contributed by atoms with Crippen LogP contribution in [0.4, 0.5) is 4.79 Å². The largest absolute Gasteiger partial charge is 0.494 e. The van der Waals surface area contributed by atoms with Gasteiger partial charge in [0.05, 0.1) is 0 Å². The summed E-state index contributed by atoms with van der Waals surface area (Å²) >= 11 is 5.97. The van der Waals surface area contributed by atoms with Crippen LogP contribution in [0.25, 0.3) is 10.8 Å². The Bertz CT molecular complexity index is 1200. The summed E-state index contributed by atoms with van der Waals surface area (Å²) in [6.07, 6.45) is 1.60. The van der Waals surface area contributed by atoms with Crippen LogP contribution in [0, 0.1) is 6.92 Å². The zero-order valence-electron chi connectivity index (χ0n) is 16.6. The number of benzene rings is 2. The maximum Gasteiger partial charge on any atom is 0.412 e. The molecule has 3 amide bonds. The molecule has 3 N–H and O–H groups in total. The summed E-state index contributed by atoms with van der Waals surface area (Å²) < 4.78 is 6.73. The Morgan fingerprint density at radius 2 is 2.10 bits per heavy atom. The van der Waals surface area contributed by atoms with Gasteiger partial charge >= 0.3 is 6.09 Å². The molecule has 1 unspecified atom stereocenters. The number of aryl methyl sites for hydroxylation is 1. The van der Waals surface area contributed by atoms with E-state index in [0.717, 1.165) is 11.1 Å². The molecule has 0 aliphatic carbocycles. The van der Waals surface area contributed by atoms with Crippen molar-refractivity contribution in [3.63, 3.8) is 0 Å². The maximum atomic E-state index is 12.1. The van der Waals surface area contributed by atoms with E-state index in [9.17, 15) is 19.5 Å². The van der Waals surface area contributed by atoms with E-state index in [1.165, 1.54) is 4.57 Å². The molecule has 3 aromatic rings. The summed E-state index contributed by atoms with van der Waals surface area (Å²) in [7, 11) is 0. The number of aromatic hydroxyl groups is 1. The second-order valence-electron chi connectivity index (χ2n) is 7.40. The maximum absolute atomic E-state index is 12.1. The fourth-order valence-electron chi connectivity index (χ4n) is 3.57. The van der Waals surface area contributed by atoms with E-state index in [4.69, 9.17) is 16.3 Å². The summed E-state index contributed by atoms with van der Waals surface area (Å²) in [5.41, 5.74) is 1.59. The number of hydrogen-bond acceptors (Lipinski definition) is 5. The fraction of sp³-hybridized carbons (Fsp3) is 0.227. The number of rotatable bonds is 4. The lowest BCUT2D eigenvalue weighted by atomic mass is 10.1. The van der Waals surface area contributed by atoms with Crippen molar-refractivity contribution in [3.05, 3.63) is 58.7 Å². The van der Waals surface area contributed by atoms with Crippen molar-refractivity contribution in [2.45, 2.75) is 32.4 Å². The molecule has 0 spiro atoms. The van der Waals surface area contributed by atoms with Crippen LogP contribution in [-0.4, -0.2) is 27.6 Å². The minimum atomic E-state index is -0.649. The third-order valence-corrected chi connectivity index (χ3v) is 5.63. The van der Waals surface area contributed by atoms with Crippen molar-refractivity contribution in [2.75, 3.05) is 0 Å². The summed E-state index contributed by atoms with van der Waals surface area (Å²) in [5.74, 6) is -0.400. The predicted molar refractivity (Wildman–Crippen MR) is 114 cm³/mol. The number of nitrogens with one attached hydrogen (secondary N) is 2. The number of ether oxygens (including phenoxy) is 1. The van der Waals surface area contributed by atoms with Gasteiger partial charge in [0, 0.05) is 35.0 Å². The number of hydrogen-bond donors (Lipinski definition) is 3. The number of nitrogens with zero attached hydrogens (tertiary/aromatic N) is 1. The van der Waals surface area contributed by atoms with E-state index < -0.39 is 18.0 Å². The van der Waals surface area contributed by atoms with Crippen LogP contribution in [0.1, 0.15) is 30.0 Å². The van der Waals surface area contributed by atoms with Gasteiger partial charge in [-0.3, -0.25) is 14.9 Å². The zero-order valence-corrected chi connectivity index (χ0v) is 17.4. The number of amides is 3. The molecular formula is C22H20ClN3O5. The highest BCUT2D eigenvalue weighted by Crippen LogP contribution is 2.33. The van der Waals surface area contributed by atoms with Crippen molar-refractivity contribution in [3.8, 4) is 11.6 Å². The first-order valence-corrected chi connectivity index (χ1v) is 10.1. The van der Waals surface area contributed by atoms with Crippen LogP contribution in [-0.2, 0) is 16.1 Å². The molecule has 160 valence electrons. The second-order valence-corrected chi connectivity index (χ2v) is 7.81. The first-order chi connectivity index (χ1) is 14.8. The summed E-state index contributed by atoms with van der Waals surface area (Å²) in [6.45, 7) is 2.03. The minimum Gasteiger partial charge on any atom is -0.494 e. The van der Waals surface area contributed by atoms with E-state index in [0.29, 0.717) is 28.0 Å². The highest BCUT2D eigenvalue weighted by Gasteiger charge is 2.30. The Morgan fingerprint density at radius 1 is 1.29 bits per heavy atom. The van der Waals surface area contributed by atoms with Crippen LogP contribution in [0.5, 0.6) is 11.6 Å². The highest BCUT2D eigenvalue weighted by atomic mass is 35.5. The number of carbonyl (C=O) groups is 3. The molecule has 1 aliphatic rings. The van der Waals surface area contributed by atoms with Crippen LogP contribution in [0.2, 0.25) is 5.02 Å². The molecule has 1 saturated heterocycles. The lowest BCUT2D eigenvalue weighted by Gasteiger charge is -2.22. The molecule has 0 saturated carbocycles. The Labute approximate surface area is 182 Å². The molecule has 0 radical (unpaired) electrons. The molecule has 9 heteroatoms. The minimum absolute atomic E-state index is 0.0403. The van der Waals surface area contributed by atoms with Gasteiger partial charge in [-0.1, -0.05) is 17.7 Å². The lowest BCUT2D eigenvalue weighted by molar-refractivity contribution is -0.135. The third kappa shape index (κ3) is 4.34. The van der Waals surface area contributed by atoms with Gasteiger partial charge in [-0.05, 0) is 54.8 Å². The van der Waals surface area contributed by atoms with Crippen LogP contribution < -0.4 is 15.4 Å². The lowest BCUT2D eigenvalue weighted by Crippen LogP contribution is -2.41. The molecule has 2 aromatic carbocycles. The molecular weight excluding hydrogens is 422 g/mol. The number of fused-ring (bicyclic) bond motifs is 1. The number of carbonyl (C=O) groups excluding carboxylic acids is 3. The molecule has 2 heterocycles. The van der Waals surface area contributed by atoms with Crippen molar-refractivity contribution >= 4 is 40.3 Å². The Hall–Kier alpha value is -3.52. The molecule has 4 rings (SSSR count). The molecule has 0 bridgehead atoms. The Morgan fingerprint density at radius 3 is 2.84 bits per heavy atom.